The highest BCUT2D eigenvalue weighted by atomic mass is 19.1. The number of ether oxygens (including phenoxy) is 3. The third-order valence-corrected chi connectivity index (χ3v) is 9.28. The molecule has 2 N–H and O–H groups in total. The van der Waals surface area contributed by atoms with E-state index in [0.717, 1.165) is 0 Å². The molecule has 0 spiro atoms. The van der Waals surface area contributed by atoms with Crippen molar-refractivity contribution in [1.82, 2.24) is 24.8 Å². The number of nitrogens with one attached hydrogen (secondary N) is 2. The van der Waals surface area contributed by atoms with Gasteiger partial charge < -0.3 is 39.7 Å². The number of urea groups is 2. The van der Waals surface area contributed by atoms with Crippen LogP contribution in [0.4, 0.5) is 30.1 Å². The molecule has 16 heteroatoms. The molecule has 0 bridgehead atoms. The molecule has 2 saturated heterocycles. The Bertz CT molecular complexity index is 2000. The highest BCUT2D eigenvalue weighted by Crippen LogP contribution is 2.37. The number of benzene rings is 3. The minimum absolute atomic E-state index is 0.151. The molecule has 2 aliphatic rings. The number of fused-ring (bicyclic) bond motifs is 1. The highest BCUT2D eigenvalue weighted by molar-refractivity contribution is 6.03. The number of para-hydroxylation sites is 1. The summed E-state index contributed by atoms with van der Waals surface area (Å²) in [5.41, 5.74) is 0.838. The topological polar surface area (TPSA) is 151 Å². The summed E-state index contributed by atoms with van der Waals surface area (Å²) in [5, 5.41) is 7.82. The molecule has 2 atom stereocenters. The van der Waals surface area contributed by atoms with Gasteiger partial charge in [-0.05, 0) is 61.9 Å². The average Bonchev–Trinajstić information content (AvgIpc) is 3.63. The molecule has 0 radical (unpaired) electrons. The fourth-order valence-electron chi connectivity index (χ4n) is 6.56. The number of nitrogens with zero attached hydrogens (tertiary/aromatic N) is 6. The van der Waals surface area contributed by atoms with E-state index in [-0.39, 0.29) is 23.5 Å². The van der Waals surface area contributed by atoms with Crippen molar-refractivity contribution >= 4 is 40.4 Å². The second-order valence-corrected chi connectivity index (χ2v) is 12.4. The van der Waals surface area contributed by atoms with Crippen LogP contribution in [-0.4, -0.2) is 104 Å². The highest BCUT2D eigenvalue weighted by Gasteiger charge is 2.35. The lowest BCUT2D eigenvalue weighted by Gasteiger charge is -2.40. The lowest BCUT2D eigenvalue weighted by atomic mass is 10.1. The molecular weight excluding hydrogens is 675 g/mol. The van der Waals surface area contributed by atoms with Crippen molar-refractivity contribution in [2.75, 3.05) is 75.8 Å². The van der Waals surface area contributed by atoms with Crippen LogP contribution in [0.2, 0.25) is 0 Å². The number of aromatic nitrogens is 2. The summed E-state index contributed by atoms with van der Waals surface area (Å²) < 4.78 is 31.0. The van der Waals surface area contributed by atoms with Crippen molar-refractivity contribution in [3.63, 3.8) is 0 Å². The standard InChI is InChI=1S/C36H41FN8O7/c1-23(44(30-14-13-27(50-2)21-31(30)51-3)34(47)38-25-11-9-24(37)10-12-25)32-40-29-8-6-5-7-28(29)33(46)45(32)43-19-17-41(18-20-43)36(49)42-16-15-26(22-42)39-35(48)52-4/h5-14,21,23,26H,15-20,22H2,1-4H3,(H,38,47)(H,39,48)/t23?,26-/m1/s1. The first-order chi connectivity index (χ1) is 25.1. The van der Waals surface area contributed by atoms with E-state index in [2.05, 4.69) is 10.6 Å². The second kappa shape index (κ2) is 15.4. The number of carbonyl (C=O) groups excluding carboxylic acids is 3. The van der Waals surface area contributed by atoms with Gasteiger partial charge in [-0.1, -0.05) is 12.1 Å². The Balaban J connectivity index is 1.34. The van der Waals surface area contributed by atoms with E-state index in [1.807, 2.05) is 5.01 Å². The fourth-order valence-corrected chi connectivity index (χ4v) is 6.56. The molecule has 274 valence electrons. The molecule has 52 heavy (non-hydrogen) atoms. The SMILES string of the molecule is COC(=O)N[C@@H]1CCN(C(=O)N2CCN(n3c(C(C)N(C(=O)Nc4ccc(F)cc4)c4ccc(OC)cc4OC)nc4ccccc4c3=O)CC2)C1. The summed E-state index contributed by atoms with van der Waals surface area (Å²) in [6.45, 7) is 3.86. The molecule has 6 rings (SSSR count). The zero-order valence-electron chi connectivity index (χ0n) is 29.4. The van der Waals surface area contributed by atoms with Crippen molar-refractivity contribution in [2.45, 2.75) is 25.4 Å². The van der Waals surface area contributed by atoms with Crippen LogP contribution in [-0.2, 0) is 4.74 Å². The van der Waals surface area contributed by atoms with Crippen molar-refractivity contribution < 1.29 is 33.0 Å². The summed E-state index contributed by atoms with van der Waals surface area (Å²) in [6.07, 6.45) is 0.0778. The molecule has 0 saturated carbocycles. The van der Waals surface area contributed by atoms with Gasteiger partial charge in [-0.25, -0.2) is 28.4 Å². The molecule has 15 nitrogen and oxygen atoms in total. The summed E-state index contributed by atoms with van der Waals surface area (Å²) in [4.78, 5) is 63.5. The maximum absolute atomic E-state index is 14.3. The van der Waals surface area contributed by atoms with E-state index in [4.69, 9.17) is 19.2 Å². The van der Waals surface area contributed by atoms with E-state index in [0.29, 0.717) is 79.5 Å². The third kappa shape index (κ3) is 7.36. The van der Waals surface area contributed by atoms with Gasteiger partial charge in [0.25, 0.3) is 5.56 Å². The molecule has 3 heterocycles. The number of methoxy groups -OCH3 is 3. The summed E-state index contributed by atoms with van der Waals surface area (Å²) >= 11 is 0. The van der Waals surface area contributed by atoms with Crippen molar-refractivity contribution in [3.8, 4) is 11.5 Å². The number of alkyl carbamates (subject to hydrolysis) is 1. The zero-order chi connectivity index (χ0) is 36.9. The first-order valence-corrected chi connectivity index (χ1v) is 16.8. The van der Waals surface area contributed by atoms with Crippen molar-refractivity contribution in [3.05, 3.63) is 88.7 Å². The summed E-state index contributed by atoms with van der Waals surface area (Å²) in [7, 11) is 4.29. The molecule has 4 aromatic rings. The van der Waals surface area contributed by atoms with Gasteiger partial charge in [-0.3, -0.25) is 9.69 Å². The van der Waals surface area contributed by atoms with Crippen LogP contribution >= 0.6 is 0 Å². The molecular formula is C36H41FN8O7. The summed E-state index contributed by atoms with van der Waals surface area (Å²) in [6, 6.07) is 15.6. The molecule has 1 unspecified atom stereocenters. The first-order valence-electron chi connectivity index (χ1n) is 16.8. The van der Waals surface area contributed by atoms with E-state index < -0.39 is 24.0 Å². The number of likely N-dealkylation sites (tertiary alicyclic amines) is 1. The number of rotatable bonds is 8. The predicted octanol–water partition coefficient (Wildman–Crippen LogP) is 4.16. The van der Waals surface area contributed by atoms with Gasteiger partial charge >= 0.3 is 18.2 Å². The molecule has 1 aromatic heterocycles. The smallest absolute Gasteiger partial charge is 0.407 e. The number of carbonyl (C=O) groups is 3. The molecule has 5 amide bonds. The van der Waals surface area contributed by atoms with Crippen molar-refractivity contribution in [2.24, 2.45) is 0 Å². The number of anilines is 2. The Morgan fingerprint density at radius 1 is 0.923 bits per heavy atom. The van der Waals surface area contributed by atoms with Crippen LogP contribution in [0.1, 0.15) is 25.2 Å². The van der Waals surface area contributed by atoms with Crippen LogP contribution < -0.4 is 35.6 Å². The fraction of sp³-hybridized carbons (Fsp3) is 0.361. The van der Waals surface area contributed by atoms with Gasteiger partial charge in [-0.2, -0.15) is 0 Å². The number of hydrogen-bond acceptors (Lipinski definition) is 9. The number of halogens is 1. The Labute approximate surface area is 299 Å². The third-order valence-electron chi connectivity index (χ3n) is 9.28. The van der Waals surface area contributed by atoms with Gasteiger partial charge in [0.2, 0.25) is 0 Å². The van der Waals surface area contributed by atoms with E-state index in [9.17, 15) is 23.6 Å². The van der Waals surface area contributed by atoms with Crippen LogP contribution in [0.15, 0.2) is 71.5 Å². The molecule has 2 fully saturated rings. The Morgan fingerprint density at radius 3 is 2.35 bits per heavy atom. The predicted molar refractivity (Wildman–Crippen MR) is 192 cm³/mol. The molecule has 0 aliphatic carbocycles. The van der Waals surface area contributed by atoms with Gasteiger partial charge in [0, 0.05) is 37.9 Å². The number of hydrogen-bond donors (Lipinski definition) is 2. The van der Waals surface area contributed by atoms with Gasteiger partial charge in [0.1, 0.15) is 17.3 Å². The van der Waals surface area contributed by atoms with Crippen LogP contribution in [0, 0.1) is 5.82 Å². The molecule has 3 aromatic carbocycles. The van der Waals surface area contributed by atoms with Crippen molar-refractivity contribution in [1.29, 1.82) is 0 Å². The normalized spacial score (nSPS) is 16.3. The van der Waals surface area contributed by atoms with Crippen LogP contribution in [0.3, 0.4) is 0 Å². The average molecular weight is 717 g/mol. The minimum atomic E-state index is -0.872. The largest absolute Gasteiger partial charge is 0.497 e. The Morgan fingerprint density at radius 2 is 1.65 bits per heavy atom. The van der Waals surface area contributed by atoms with Crippen LogP contribution in [0.5, 0.6) is 11.5 Å². The lowest BCUT2D eigenvalue weighted by molar-refractivity contribution is 0.152. The van der Waals surface area contributed by atoms with Crippen LogP contribution in [0.25, 0.3) is 10.9 Å². The zero-order valence-corrected chi connectivity index (χ0v) is 29.4. The second-order valence-electron chi connectivity index (χ2n) is 12.4. The van der Waals surface area contributed by atoms with Gasteiger partial charge in [0.05, 0.1) is 63.1 Å². The van der Waals surface area contributed by atoms with Gasteiger partial charge in [-0.15, -0.1) is 0 Å². The Kier molecular flexibility index (Phi) is 10.6. The molecule has 2 aliphatic heterocycles. The Hall–Kier alpha value is -6.06. The number of amides is 5. The van der Waals surface area contributed by atoms with E-state index >= 15 is 0 Å². The first kappa shape index (κ1) is 35.8. The van der Waals surface area contributed by atoms with E-state index in [1.165, 1.54) is 55.2 Å². The quantitative estimate of drug-likeness (QED) is 0.274. The number of piperazine rings is 1. The van der Waals surface area contributed by atoms with Gasteiger partial charge in [0.15, 0.2) is 5.82 Å². The van der Waals surface area contributed by atoms with E-state index in [1.54, 1.807) is 59.2 Å². The monoisotopic (exact) mass is 716 g/mol. The minimum Gasteiger partial charge on any atom is -0.497 e. The maximum Gasteiger partial charge on any atom is 0.407 e. The summed E-state index contributed by atoms with van der Waals surface area (Å²) in [5.74, 6) is 0.649. The lowest BCUT2D eigenvalue weighted by Crippen LogP contribution is -2.58. The maximum atomic E-state index is 14.3.